The highest BCUT2D eigenvalue weighted by atomic mass is 16.6. The average molecular weight is 462 g/mol. The van der Waals surface area contributed by atoms with Gasteiger partial charge >= 0.3 is 0 Å². The van der Waals surface area contributed by atoms with Crippen LogP contribution in [0.2, 0.25) is 0 Å². The summed E-state index contributed by atoms with van der Waals surface area (Å²) >= 11 is 0. The van der Waals surface area contributed by atoms with E-state index in [1.54, 1.807) is 31.2 Å². The summed E-state index contributed by atoms with van der Waals surface area (Å²) in [6, 6.07) is 15.4. The number of amides is 1. The molecule has 0 saturated carbocycles. The van der Waals surface area contributed by atoms with Crippen LogP contribution in [0, 0.1) is 17.0 Å². The van der Waals surface area contributed by atoms with Gasteiger partial charge in [0.05, 0.1) is 4.92 Å². The summed E-state index contributed by atoms with van der Waals surface area (Å²) in [5.74, 6) is -0.672. The summed E-state index contributed by atoms with van der Waals surface area (Å²) in [4.78, 5) is 38.7. The average Bonchev–Trinajstić information content (AvgIpc) is 2.82. The van der Waals surface area contributed by atoms with Crippen molar-refractivity contribution in [1.82, 2.24) is 14.7 Å². The van der Waals surface area contributed by atoms with Gasteiger partial charge in [0.2, 0.25) is 5.43 Å². The minimum atomic E-state index is -0.672. The van der Waals surface area contributed by atoms with E-state index >= 15 is 0 Å². The van der Waals surface area contributed by atoms with Crippen LogP contribution in [-0.2, 0) is 6.54 Å². The van der Waals surface area contributed by atoms with Crippen molar-refractivity contribution in [2.24, 2.45) is 0 Å². The molecule has 0 spiro atoms. The van der Waals surface area contributed by atoms with Crippen LogP contribution in [-0.4, -0.2) is 38.1 Å². The summed E-state index contributed by atoms with van der Waals surface area (Å²) in [6.07, 6.45) is 3.70. The minimum absolute atomic E-state index is 0.174. The highest BCUT2D eigenvalue weighted by molar-refractivity contribution is 6.02. The first-order chi connectivity index (χ1) is 16.3. The standard InChI is InChI=1S/C25H27N5O4/c1-17-7-5-6-14-28(17)16-19-10-12-20(13-11-19)26-25(32)24-23(31)15-18(2)29(27-24)21-8-3-4-9-22(21)30(33)34/h3-4,8-13,15,17H,5-7,14,16H2,1-2H3,(H,26,32). The Balaban J connectivity index is 1.54. The predicted molar refractivity (Wildman–Crippen MR) is 129 cm³/mol. The van der Waals surface area contributed by atoms with Gasteiger partial charge in [-0.2, -0.15) is 5.10 Å². The predicted octanol–water partition coefficient (Wildman–Crippen LogP) is 4.08. The molecule has 1 unspecified atom stereocenters. The molecule has 1 N–H and O–H groups in total. The highest BCUT2D eigenvalue weighted by Gasteiger charge is 2.21. The Labute approximate surface area is 197 Å². The summed E-state index contributed by atoms with van der Waals surface area (Å²) < 4.78 is 1.25. The Kier molecular flexibility index (Phi) is 6.83. The van der Waals surface area contributed by atoms with E-state index in [4.69, 9.17) is 0 Å². The van der Waals surface area contributed by atoms with E-state index in [1.165, 1.54) is 42.1 Å². The van der Waals surface area contributed by atoms with E-state index in [-0.39, 0.29) is 17.1 Å². The summed E-state index contributed by atoms with van der Waals surface area (Å²) in [7, 11) is 0. The molecule has 9 heteroatoms. The number of carbonyl (C=O) groups is 1. The van der Waals surface area contributed by atoms with Crippen LogP contribution in [0.1, 0.15) is 47.9 Å². The third kappa shape index (κ3) is 5.04. The number of nitro benzene ring substituents is 1. The quantitative estimate of drug-likeness (QED) is 0.438. The minimum Gasteiger partial charge on any atom is -0.320 e. The zero-order valence-corrected chi connectivity index (χ0v) is 19.2. The van der Waals surface area contributed by atoms with E-state index < -0.39 is 16.3 Å². The monoisotopic (exact) mass is 461 g/mol. The van der Waals surface area contributed by atoms with Gasteiger partial charge in [-0.05, 0) is 57.0 Å². The molecule has 1 aromatic heterocycles. The van der Waals surface area contributed by atoms with Crippen molar-refractivity contribution in [3.05, 3.63) is 91.9 Å². The number of anilines is 1. The smallest absolute Gasteiger partial charge is 0.294 e. The zero-order chi connectivity index (χ0) is 24.2. The van der Waals surface area contributed by atoms with Crippen LogP contribution in [0.4, 0.5) is 11.4 Å². The number of aromatic nitrogens is 2. The second kappa shape index (κ2) is 9.96. The Bertz CT molecular complexity index is 1270. The number of nitro groups is 1. The molecule has 34 heavy (non-hydrogen) atoms. The van der Waals surface area contributed by atoms with Gasteiger partial charge in [0, 0.05) is 36.1 Å². The number of hydrogen-bond acceptors (Lipinski definition) is 6. The van der Waals surface area contributed by atoms with Crippen molar-refractivity contribution >= 4 is 17.3 Å². The number of benzene rings is 2. The lowest BCUT2D eigenvalue weighted by Crippen LogP contribution is -2.36. The van der Waals surface area contributed by atoms with Gasteiger partial charge in [0.15, 0.2) is 5.69 Å². The van der Waals surface area contributed by atoms with Crippen LogP contribution < -0.4 is 10.7 Å². The molecule has 1 aliphatic heterocycles. The first-order valence-corrected chi connectivity index (χ1v) is 11.3. The topological polar surface area (TPSA) is 110 Å². The Morgan fingerprint density at radius 2 is 1.91 bits per heavy atom. The van der Waals surface area contributed by atoms with E-state index in [1.807, 2.05) is 12.1 Å². The number of likely N-dealkylation sites (tertiary alicyclic amines) is 1. The molecule has 0 bridgehead atoms. The van der Waals surface area contributed by atoms with Crippen molar-refractivity contribution in [3.8, 4) is 5.69 Å². The molecule has 1 atom stereocenters. The molecule has 4 rings (SSSR count). The lowest BCUT2D eigenvalue weighted by Gasteiger charge is -2.33. The number of nitrogens with zero attached hydrogens (tertiary/aromatic N) is 4. The van der Waals surface area contributed by atoms with E-state index in [0.717, 1.165) is 18.7 Å². The summed E-state index contributed by atoms with van der Waals surface area (Å²) in [6.45, 7) is 5.80. The molecule has 1 fully saturated rings. The molecular formula is C25H27N5O4. The zero-order valence-electron chi connectivity index (χ0n) is 19.2. The first kappa shape index (κ1) is 23.3. The van der Waals surface area contributed by atoms with Crippen molar-refractivity contribution in [2.75, 3.05) is 11.9 Å². The first-order valence-electron chi connectivity index (χ1n) is 11.3. The molecule has 1 aliphatic rings. The number of hydrogen-bond donors (Lipinski definition) is 1. The van der Waals surface area contributed by atoms with Crippen molar-refractivity contribution in [1.29, 1.82) is 0 Å². The number of piperidine rings is 1. The van der Waals surface area contributed by atoms with Gasteiger partial charge < -0.3 is 5.32 Å². The summed E-state index contributed by atoms with van der Waals surface area (Å²) in [5, 5.41) is 18.3. The van der Waals surface area contributed by atoms with Crippen LogP contribution in [0.5, 0.6) is 0 Å². The Morgan fingerprint density at radius 3 is 2.62 bits per heavy atom. The van der Waals surface area contributed by atoms with E-state index in [0.29, 0.717) is 17.4 Å². The summed E-state index contributed by atoms with van der Waals surface area (Å²) in [5.41, 5.74) is 1.18. The number of nitrogens with one attached hydrogen (secondary N) is 1. The van der Waals surface area contributed by atoms with Crippen LogP contribution >= 0.6 is 0 Å². The molecule has 0 aliphatic carbocycles. The lowest BCUT2D eigenvalue weighted by atomic mass is 10.0. The van der Waals surface area contributed by atoms with Gasteiger partial charge in [0.1, 0.15) is 5.69 Å². The third-order valence-electron chi connectivity index (χ3n) is 6.17. The van der Waals surface area contributed by atoms with Gasteiger partial charge in [-0.25, -0.2) is 4.68 Å². The van der Waals surface area contributed by atoms with Gasteiger partial charge in [-0.3, -0.25) is 24.6 Å². The fourth-order valence-electron chi connectivity index (χ4n) is 4.26. The second-order valence-electron chi connectivity index (χ2n) is 8.62. The molecule has 2 heterocycles. The maximum atomic E-state index is 12.9. The normalized spacial score (nSPS) is 16.2. The fraction of sp³-hybridized carbons (Fsp3) is 0.320. The van der Waals surface area contributed by atoms with E-state index in [2.05, 4.69) is 22.2 Å². The number of para-hydroxylation sites is 2. The largest absolute Gasteiger partial charge is 0.320 e. The third-order valence-corrected chi connectivity index (χ3v) is 6.17. The lowest BCUT2D eigenvalue weighted by molar-refractivity contribution is -0.384. The fourth-order valence-corrected chi connectivity index (χ4v) is 4.26. The maximum absolute atomic E-state index is 12.9. The molecule has 1 amide bonds. The van der Waals surface area contributed by atoms with E-state index in [9.17, 15) is 19.7 Å². The molecule has 9 nitrogen and oxygen atoms in total. The molecule has 1 saturated heterocycles. The molecule has 0 radical (unpaired) electrons. The van der Waals surface area contributed by atoms with Crippen LogP contribution in [0.25, 0.3) is 5.69 Å². The number of aryl methyl sites for hydroxylation is 1. The van der Waals surface area contributed by atoms with Gasteiger partial charge in [-0.1, -0.05) is 30.7 Å². The van der Waals surface area contributed by atoms with Gasteiger partial charge in [-0.15, -0.1) is 0 Å². The Morgan fingerprint density at radius 1 is 1.18 bits per heavy atom. The Hall–Kier alpha value is -3.85. The molecule has 2 aromatic carbocycles. The molecular weight excluding hydrogens is 434 g/mol. The van der Waals surface area contributed by atoms with Crippen LogP contribution in [0.15, 0.2) is 59.4 Å². The number of rotatable bonds is 6. The second-order valence-corrected chi connectivity index (χ2v) is 8.62. The van der Waals surface area contributed by atoms with Crippen molar-refractivity contribution in [3.63, 3.8) is 0 Å². The van der Waals surface area contributed by atoms with Crippen molar-refractivity contribution < 1.29 is 9.72 Å². The highest BCUT2D eigenvalue weighted by Crippen LogP contribution is 2.23. The molecule has 176 valence electrons. The maximum Gasteiger partial charge on any atom is 0.294 e. The van der Waals surface area contributed by atoms with Crippen molar-refractivity contribution in [2.45, 2.75) is 45.7 Å². The van der Waals surface area contributed by atoms with Gasteiger partial charge in [0.25, 0.3) is 11.6 Å². The SMILES string of the molecule is Cc1cc(=O)c(C(=O)Nc2ccc(CN3CCCCC3C)cc2)nn1-c1ccccc1[N+](=O)[O-]. The molecule has 3 aromatic rings. The number of carbonyl (C=O) groups excluding carboxylic acids is 1. The van der Waals surface area contributed by atoms with Crippen LogP contribution in [0.3, 0.4) is 0 Å².